The van der Waals surface area contributed by atoms with E-state index in [1.165, 1.54) is 4.70 Å². The Bertz CT molecular complexity index is 1210. The molecule has 10 heteroatoms. The van der Waals surface area contributed by atoms with E-state index < -0.39 is 0 Å². The number of aliphatic hydroxyl groups is 1. The Morgan fingerprint density at radius 1 is 1.19 bits per heavy atom. The molecule has 134 valence electrons. The molecule has 27 heavy (non-hydrogen) atoms. The van der Waals surface area contributed by atoms with Crippen LogP contribution in [0, 0.1) is 0 Å². The van der Waals surface area contributed by atoms with Gasteiger partial charge in [-0.25, -0.2) is 14.6 Å². The monoisotopic (exact) mass is 378 g/mol. The number of pyridine rings is 1. The first kappa shape index (κ1) is 16.0. The second-order valence-corrected chi connectivity index (χ2v) is 7.16. The number of hydrogen-bond donors (Lipinski definition) is 1. The fraction of sp³-hybridized carbons (Fsp3) is 0.176. The van der Waals surface area contributed by atoms with Gasteiger partial charge in [0.25, 0.3) is 0 Å². The van der Waals surface area contributed by atoms with Gasteiger partial charge >= 0.3 is 0 Å². The van der Waals surface area contributed by atoms with Crippen molar-refractivity contribution in [2.45, 2.75) is 13.1 Å². The molecule has 5 heterocycles. The predicted molar refractivity (Wildman–Crippen MR) is 100 cm³/mol. The molecule has 0 saturated heterocycles. The van der Waals surface area contributed by atoms with Crippen LogP contribution in [0.4, 0.5) is 0 Å². The van der Waals surface area contributed by atoms with Crippen LogP contribution in [0.25, 0.3) is 32.6 Å². The number of nitrogens with zero attached hydrogens (tertiary/aromatic N) is 8. The third-order valence-electron chi connectivity index (χ3n) is 4.16. The Kier molecular flexibility index (Phi) is 3.84. The van der Waals surface area contributed by atoms with Crippen molar-refractivity contribution in [3.63, 3.8) is 0 Å². The summed E-state index contributed by atoms with van der Waals surface area (Å²) in [4.78, 5) is 14.4. The Morgan fingerprint density at radius 2 is 2.15 bits per heavy atom. The van der Waals surface area contributed by atoms with Gasteiger partial charge in [-0.05, 0) is 12.1 Å². The average Bonchev–Trinajstić information content (AvgIpc) is 3.40. The van der Waals surface area contributed by atoms with Gasteiger partial charge in [0.05, 0.1) is 37.8 Å². The summed E-state index contributed by atoms with van der Waals surface area (Å²) < 4.78 is 4.61. The molecule has 1 N–H and O–H groups in total. The topological polar surface area (TPSA) is 107 Å². The molecule has 0 aliphatic rings. The van der Waals surface area contributed by atoms with E-state index in [1.807, 2.05) is 18.5 Å². The van der Waals surface area contributed by atoms with Gasteiger partial charge in [0.2, 0.25) is 5.65 Å². The molecule has 0 amide bonds. The molecule has 0 radical (unpaired) electrons. The first-order valence-electron chi connectivity index (χ1n) is 8.32. The third-order valence-corrected chi connectivity index (χ3v) is 5.26. The SMILES string of the molecule is OCCn1cc(-c2cnc3nnn(Cc4cc5cnccc5s4)c3n2)cn1. The van der Waals surface area contributed by atoms with Crippen molar-refractivity contribution < 1.29 is 5.11 Å². The van der Waals surface area contributed by atoms with Crippen LogP contribution in [0.15, 0.2) is 43.1 Å². The maximum atomic E-state index is 9.03. The van der Waals surface area contributed by atoms with Gasteiger partial charge in [0.15, 0.2) is 5.65 Å². The van der Waals surface area contributed by atoms with Gasteiger partial charge < -0.3 is 5.11 Å². The largest absolute Gasteiger partial charge is 0.394 e. The van der Waals surface area contributed by atoms with Gasteiger partial charge in [0, 0.05) is 39.1 Å². The second kappa shape index (κ2) is 6.49. The summed E-state index contributed by atoms with van der Waals surface area (Å²) >= 11 is 1.70. The molecule has 0 aliphatic carbocycles. The number of rotatable bonds is 5. The van der Waals surface area contributed by atoms with Gasteiger partial charge in [-0.2, -0.15) is 5.10 Å². The van der Waals surface area contributed by atoms with E-state index in [1.54, 1.807) is 39.3 Å². The van der Waals surface area contributed by atoms with Gasteiger partial charge in [-0.1, -0.05) is 5.21 Å². The molecule has 5 aromatic rings. The fourth-order valence-electron chi connectivity index (χ4n) is 2.89. The van der Waals surface area contributed by atoms with Crippen LogP contribution in [-0.2, 0) is 13.1 Å². The van der Waals surface area contributed by atoms with Crippen molar-refractivity contribution in [1.29, 1.82) is 0 Å². The number of hydrogen-bond acceptors (Lipinski definition) is 8. The van der Waals surface area contributed by atoms with Crippen LogP contribution in [0.2, 0.25) is 0 Å². The maximum absolute atomic E-state index is 9.03. The zero-order valence-corrected chi connectivity index (χ0v) is 14.9. The van der Waals surface area contributed by atoms with Crippen molar-refractivity contribution in [1.82, 2.24) is 39.7 Å². The molecule has 0 unspecified atom stereocenters. The van der Waals surface area contributed by atoms with E-state index in [-0.39, 0.29) is 6.61 Å². The van der Waals surface area contributed by atoms with Gasteiger partial charge in [-0.15, -0.1) is 16.4 Å². The van der Waals surface area contributed by atoms with Crippen molar-refractivity contribution >= 4 is 32.7 Å². The molecular weight excluding hydrogens is 364 g/mol. The lowest BCUT2D eigenvalue weighted by atomic mass is 10.3. The summed E-state index contributed by atoms with van der Waals surface area (Å²) in [7, 11) is 0. The van der Waals surface area contributed by atoms with Gasteiger partial charge in [-0.3, -0.25) is 9.67 Å². The average molecular weight is 378 g/mol. The first-order chi connectivity index (χ1) is 13.3. The predicted octanol–water partition coefficient (Wildman–Crippen LogP) is 1.74. The molecule has 9 nitrogen and oxygen atoms in total. The number of aromatic nitrogens is 8. The zero-order valence-electron chi connectivity index (χ0n) is 14.1. The van der Waals surface area contributed by atoms with Crippen LogP contribution in [0.5, 0.6) is 0 Å². The van der Waals surface area contributed by atoms with Crippen molar-refractivity contribution in [3.05, 3.63) is 48.0 Å². The third kappa shape index (κ3) is 2.94. The molecule has 0 aromatic carbocycles. The quantitative estimate of drug-likeness (QED) is 0.496. The van der Waals surface area contributed by atoms with Crippen LogP contribution in [0.1, 0.15) is 4.88 Å². The summed E-state index contributed by atoms with van der Waals surface area (Å²) in [6.07, 6.45) is 8.85. The molecule has 0 atom stereocenters. The van der Waals surface area contributed by atoms with Gasteiger partial charge in [0.1, 0.15) is 0 Å². The van der Waals surface area contributed by atoms with Crippen LogP contribution >= 0.6 is 11.3 Å². The summed E-state index contributed by atoms with van der Waals surface area (Å²) in [5, 5.41) is 22.7. The molecule has 0 bridgehead atoms. The zero-order chi connectivity index (χ0) is 18.2. The second-order valence-electron chi connectivity index (χ2n) is 5.99. The highest BCUT2D eigenvalue weighted by Crippen LogP contribution is 2.26. The van der Waals surface area contributed by atoms with E-state index in [9.17, 15) is 0 Å². The molecule has 5 aromatic heterocycles. The summed E-state index contributed by atoms with van der Waals surface area (Å²) in [6.45, 7) is 1.04. The van der Waals surface area contributed by atoms with Crippen LogP contribution in [0.3, 0.4) is 0 Å². The number of fused-ring (bicyclic) bond motifs is 2. The maximum Gasteiger partial charge on any atom is 0.221 e. The molecule has 5 rings (SSSR count). The lowest BCUT2D eigenvalue weighted by Crippen LogP contribution is -2.02. The Labute approximate surface area is 156 Å². The molecule has 0 fully saturated rings. The normalized spacial score (nSPS) is 11.6. The summed E-state index contributed by atoms with van der Waals surface area (Å²) in [5.74, 6) is 0. The first-order valence-corrected chi connectivity index (χ1v) is 9.14. The van der Waals surface area contributed by atoms with E-state index in [0.29, 0.717) is 30.1 Å². The Hall–Kier alpha value is -3.24. The lowest BCUT2D eigenvalue weighted by Gasteiger charge is -2.00. The lowest BCUT2D eigenvalue weighted by molar-refractivity contribution is 0.269. The van der Waals surface area contributed by atoms with E-state index >= 15 is 0 Å². The molecule has 0 aliphatic heterocycles. The minimum absolute atomic E-state index is 0.0349. The molecular formula is C17H14N8OS. The van der Waals surface area contributed by atoms with Crippen LogP contribution < -0.4 is 0 Å². The Balaban J connectivity index is 1.50. The standard InChI is InChI=1S/C17H14N8OS/c26-4-3-24-9-12(7-20-24)14-8-19-16-17(21-14)25(23-22-16)10-13-5-11-6-18-2-1-15(11)27-13/h1-2,5-9,26H,3-4,10H2. The van der Waals surface area contributed by atoms with Crippen molar-refractivity contribution in [3.8, 4) is 11.3 Å². The fourth-order valence-corrected chi connectivity index (χ4v) is 3.90. The highest BCUT2D eigenvalue weighted by atomic mass is 32.1. The van der Waals surface area contributed by atoms with E-state index in [0.717, 1.165) is 15.8 Å². The van der Waals surface area contributed by atoms with E-state index in [2.05, 4.69) is 36.4 Å². The minimum Gasteiger partial charge on any atom is -0.394 e. The summed E-state index contributed by atoms with van der Waals surface area (Å²) in [5.41, 5.74) is 2.65. The minimum atomic E-state index is 0.0349. The molecule has 0 saturated carbocycles. The highest BCUT2D eigenvalue weighted by Gasteiger charge is 2.12. The van der Waals surface area contributed by atoms with Crippen molar-refractivity contribution in [2.24, 2.45) is 0 Å². The smallest absolute Gasteiger partial charge is 0.221 e. The van der Waals surface area contributed by atoms with Crippen LogP contribution in [-0.4, -0.2) is 51.4 Å². The summed E-state index contributed by atoms with van der Waals surface area (Å²) in [6, 6.07) is 4.11. The van der Waals surface area contributed by atoms with Crippen molar-refractivity contribution in [2.75, 3.05) is 6.61 Å². The highest BCUT2D eigenvalue weighted by molar-refractivity contribution is 7.19. The number of aliphatic hydroxyl groups excluding tert-OH is 1. The Morgan fingerprint density at radius 3 is 3.04 bits per heavy atom. The van der Waals surface area contributed by atoms with E-state index in [4.69, 9.17) is 5.11 Å². The number of thiophene rings is 1. The molecule has 0 spiro atoms.